The van der Waals surface area contributed by atoms with Crippen molar-refractivity contribution in [3.8, 4) is 11.5 Å². The first-order valence-electron chi connectivity index (χ1n) is 6.94. The van der Waals surface area contributed by atoms with Crippen LogP contribution in [0, 0.1) is 5.41 Å². The van der Waals surface area contributed by atoms with Crippen molar-refractivity contribution < 1.29 is 15.0 Å². The topological polar surface area (TPSA) is 81.6 Å². The molecule has 4 N–H and O–H groups in total. The fraction of sp³-hybridized carbons (Fsp3) is 0.533. The van der Waals surface area contributed by atoms with Crippen LogP contribution in [-0.4, -0.2) is 35.3 Å². The Morgan fingerprint density at radius 2 is 2.20 bits per heavy atom. The van der Waals surface area contributed by atoms with Gasteiger partial charge in [0.1, 0.15) is 0 Å². The van der Waals surface area contributed by atoms with E-state index in [1.54, 1.807) is 0 Å². The van der Waals surface area contributed by atoms with Crippen LogP contribution >= 0.6 is 0 Å². The quantitative estimate of drug-likeness (QED) is 0.633. The molecule has 1 aliphatic rings. The fourth-order valence-electron chi connectivity index (χ4n) is 2.62. The van der Waals surface area contributed by atoms with E-state index < -0.39 is 0 Å². The summed E-state index contributed by atoms with van der Waals surface area (Å²) < 4.78 is 0. The highest BCUT2D eigenvalue weighted by molar-refractivity contribution is 5.97. The zero-order valence-corrected chi connectivity index (χ0v) is 11.9. The molecule has 0 radical (unpaired) electrons. The number of para-hydroxylation sites is 1. The van der Waals surface area contributed by atoms with Crippen molar-refractivity contribution in [2.24, 2.45) is 5.41 Å². The molecule has 1 saturated heterocycles. The number of amides is 1. The van der Waals surface area contributed by atoms with E-state index in [4.69, 9.17) is 0 Å². The maximum atomic E-state index is 12.1. The van der Waals surface area contributed by atoms with Crippen LogP contribution in [0.2, 0.25) is 0 Å². The molecule has 1 aromatic carbocycles. The van der Waals surface area contributed by atoms with Gasteiger partial charge in [-0.25, -0.2) is 0 Å². The third-order valence-corrected chi connectivity index (χ3v) is 4.06. The van der Waals surface area contributed by atoms with Gasteiger partial charge in [-0.2, -0.15) is 0 Å². The van der Waals surface area contributed by atoms with Crippen molar-refractivity contribution in [3.63, 3.8) is 0 Å². The lowest BCUT2D eigenvalue weighted by Gasteiger charge is -2.39. The minimum Gasteiger partial charge on any atom is -0.504 e. The van der Waals surface area contributed by atoms with E-state index in [1.165, 1.54) is 18.2 Å². The first-order valence-corrected chi connectivity index (χ1v) is 6.94. The van der Waals surface area contributed by atoms with E-state index >= 15 is 0 Å². The lowest BCUT2D eigenvalue weighted by atomic mass is 9.77. The van der Waals surface area contributed by atoms with E-state index in [1.807, 2.05) is 0 Å². The smallest absolute Gasteiger partial charge is 0.255 e. The SMILES string of the molecule is CC1(C)CCCNC1CNC(=O)c1cccc(O)c1O. The number of nitrogens with one attached hydrogen (secondary N) is 2. The first-order chi connectivity index (χ1) is 9.42. The van der Waals surface area contributed by atoms with Gasteiger partial charge in [-0.1, -0.05) is 19.9 Å². The zero-order valence-electron chi connectivity index (χ0n) is 11.9. The molecular weight excluding hydrogens is 256 g/mol. The summed E-state index contributed by atoms with van der Waals surface area (Å²) >= 11 is 0. The monoisotopic (exact) mass is 278 g/mol. The van der Waals surface area contributed by atoms with E-state index in [0.717, 1.165) is 19.4 Å². The number of aromatic hydroxyl groups is 2. The molecule has 110 valence electrons. The number of hydrogen-bond acceptors (Lipinski definition) is 4. The number of carbonyl (C=O) groups is 1. The largest absolute Gasteiger partial charge is 0.504 e. The van der Waals surface area contributed by atoms with E-state index in [2.05, 4.69) is 24.5 Å². The average Bonchev–Trinajstić information content (AvgIpc) is 2.40. The third-order valence-electron chi connectivity index (χ3n) is 4.06. The second-order valence-corrected chi connectivity index (χ2v) is 5.98. The molecule has 1 unspecified atom stereocenters. The van der Waals surface area contributed by atoms with Crippen LogP contribution in [0.3, 0.4) is 0 Å². The lowest BCUT2D eigenvalue weighted by molar-refractivity contribution is 0.0925. The normalized spacial score (nSPS) is 21.4. The molecule has 2 rings (SSSR count). The highest BCUT2D eigenvalue weighted by atomic mass is 16.3. The van der Waals surface area contributed by atoms with Crippen molar-refractivity contribution in [2.45, 2.75) is 32.7 Å². The molecule has 0 aromatic heterocycles. The number of carbonyl (C=O) groups excluding carboxylic acids is 1. The Bertz CT molecular complexity index is 500. The van der Waals surface area contributed by atoms with Gasteiger partial charge in [-0.3, -0.25) is 4.79 Å². The first kappa shape index (κ1) is 14.7. The van der Waals surface area contributed by atoms with Gasteiger partial charge in [0.05, 0.1) is 5.56 Å². The van der Waals surface area contributed by atoms with Crippen LogP contribution in [0.4, 0.5) is 0 Å². The highest BCUT2D eigenvalue weighted by Gasteiger charge is 2.32. The van der Waals surface area contributed by atoms with Crippen molar-refractivity contribution in [3.05, 3.63) is 23.8 Å². The summed E-state index contributed by atoms with van der Waals surface area (Å²) in [5.74, 6) is -1.03. The second kappa shape index (κ2) is 5.71. The van der Waals surface area contributed by atoms with Gasteiger partial charge in [-0.05, 0) is 36.9 Å². The van der Waals surface area contributed by atoms with Crippen LogP contribution in [0.15, 0.2) is 18.2 Å². The zero-order chi connectivity index (χ0) is 14.8. The Labute approximate surface area is 119 Å². The van der Waals surface area contributed by atoms with Crippen LogP contribution in [-0.2, 0) is 0 Å². The number of rotatable bonds is 3. The summed E-state index contributed by atoms with van der Waals surface area (Å²) in [5.41, 5.74) is 0.227. The maximum absolute atomic E-state index is 12.1. The lowest BCUT2D eigenvalue weighted by Crippen LogP contribution is -2.52. The van der Waals surface area contributed by atoms with Crippen molar-refractivity contribution >= 4 is 5.91 Å². The van der Waals surface area contributed by atoms with E-state index in [-0.39, 0.29) is 34.4 Å². The van der Waals surface area contributed by atoms with Crippen LogP contribution in [0.25, 0.3) is 0 Å². The number of phenols is 2. The molecule has 1 fully saturated rings. The Kier molecular flexibility index (Phi) is 4.18. The molecule has 0 saturated carbocycles. The van der Waals surface area contributed by atoms with Gasteiger partial charge in [0.15, 0.2) is 11.5 Å². The van der Waals surface area contributed by atoms with Gasteiger partial charge in [0.2, 0.25) is 0 Å². The van der Waals surface area contributed by atoms with Crippen molar-refractivity contribution in [1.82, 2.24) is 10.6 Å². The molecule has 0 spiro atoms. The summed E-state index contributed by atoms with van der Waals surface area (Å²) in [6.45, 7) is 5.83. The summed E-state index contributed by atoms with van der Waals surface area (Å²) in [7, 11) is 0. The second-order valence-electron chi connectivity index (χ2n) is 5.98. The van der Waals surface area contributed by atoms with E-state index in [0.29, 0.717) is 6.54 Å². The molecule has 0 aliphatic carbocycles. The van der Waals surface area contributed by atoms with Crippen LogP contribution < -0.4 is 10.6 Å². The van der Waals surface area contributed by atoms with Crippen LogP contribution in [0.1, 0.15) is 37.0 Å². The summed E-state index contributed by atoms with van der Waals surface area (Å²) in [5, 5.41) is 25.3. The number of phenolic OH excluding ortho intramolecular Hbond substituents is 2. The molecule has 1 aliphatic heterocycles. The van der Waals surface area contributed by atoms with Gasteiger partial charge in [0, 0.05) is 12.6 Å². The van der Waals surface area contributed by atoms with Gasteiger partial charge >= 0.3 is 0 Å². The van der Waals surface area contributed by atoms with Crippen molar-refractivity contribution in [1.29, 1.82) is 0 Å². The van der Waals surface area contributed by atoms with Gasteiger partial charge in [-0.15, -0.1) is 0 Å². The summed E-state index contributed by atoms with van der Waals surface area (Å²) in [4.78, 5) is 12.1. The predicted octanol–water partition coefficient (Wildman–Crippen LogP) is 1.61. The number of hydrogen-bond donors (Lipinski definition) is 4. The Balaban J connectivity index is 2.00. The molecule has 1 heterocycles. The van der Waals surface area contributed by atoms with Crippen molar-refractivity contribution in [2.75, 3.05) is 13.1 Å². The molecule has 20 heavy (non-hydrogen) atoms. The van der Waals surface area contributed by atoms with Crippen LogP contribution in [0.5, 0.6) is 11.5 Å². The van der Waals surface area contributed by atoms with Gasteiger partial charge < -0.3 is 20.8 Å². The minimum absolute atomic E-state index is 0.0959. The maximum Gasteiger partial charge on any atom is 0.255 e. The van der Waals surface area contributed by atoms with E-state index in [9.17, 15) is 15.0 Å². The van der Waals surface area contributed by atoms with Gasteiger partial charge in [0.25, 0.3) is 5.91 Å². The minimum atomic E-state index is -0.374. The highest BCUT2D eigenvalue weighted by Crippen LogP contribution is 2.30. The predicted molar refractivity (Wildman–Crippen MR) is 76.9 cm³/mol. The standard InChI is InChI=1S/C15H22N2O3/c1-15(2)7-4-8-16-12(15)9-17-14(20)10-5-3-6-11(18)13(10)19/h3,5-6,12,16,18-19H,4,7-9H2,1-2H3,(H,17,20). The average molecular weight is 278 g/mol. The summed E-state index contributed by atoms with van der Waals surface area (Å²) in [6.07, 6.45) is 2.27. The fourth-order valence-corrected chi connectivity index (χ4v) is 2.62. The Morgan fingerprint density at radius 3 is 2.90 bits per heavy atom. The third kappa shape index (κ3) is 3.04. The molecule has 5 heteroatoms. The summed E-state index contributed by atoms with van der Waals surface area (Å²) in [6, 6.07) is 4.58. The molecule has 1 atom stereocenters. The molecule has 1 amide bonds. The molecule has 1 aromatic rings. The number of piperidine rings is 1. The Hall–Kier alpha value is -1.75. The number of benzene rings is 1. The molecule has 5 nitrogen and oxygen atoms in total. The molecular formula is C15H22N2O3. The molecule has 0 bridgehead atoms. The Morgan fingerprint density at radius 1 is 1.45 bits per heavy atom.